The molecule has 0 saturated carbocycles. The summed E-state index contributed by atoms with van der Waals surface area (Å²) in [7, 11) is 0. The van der Waals surface area contributed by atoms with E-state index in [0.29, 0.717) is 44.1 Å². The van der Waals surface area contributed by atoms with Crippen LogP contribution in [0.2, 0.25) is 0 Å². The normalized spacial score (nSPS) is 14.1. The molecule has 3 rings (SSSR count). The Balaban J connectivity index is 1.80. The molecule has 2 aromatic rings. The fraction of sp³-hybridized carbons (Fsp3) is 0.316. The van der Waals surface area contributed by atoms with Gasteiger partial charge in [-0.05, 0) is 42.3 Å². The number of hydrogen-bond acceptors (Lipinski definition) is 5. The predicted molar refractivity (Wildman–Crippen MR) is 106 cm³/mol. The molecule has 2 aromatic carbocycles. The van der Waals surface area contributed by atoms with Crippen LogP contribution in [-0.4, -0.2) is 42.0 Å². The Labute approximate surface area is 165 Å². The van der Waals surface area contributed by atoms with Crippen molar-refractivity contribution in [1.82, 2.24) is 4.90 Å². The molecule has 0 bridgehead atoms. The Morgan fingerprint density at radius 1 is 1.26 bits per heavy atom. The maximum Gasteiger partial charge on any atom is 0.293 e. The van der Waals surface area contributed by atoms with E-state index in [1.807, 2.05) is 25.1 Å². The summed E-state index contributed by atoms with van der Waals surface area (Å²) in [5.74, 6) is -0.212. The average Bonchev–Trinajstić information content (AvgIpc) is 2.68. The quantitative estimate of drug-likeness (QED) is 0.573. The largest absolute Gasteiger partial charge is 0.378 e. The number of aryl methyl sites for hydroxylation is 1. The number of nitrogens with zero attached hydrogens (tertiary/aromatic N) is 2. The lowest BCUT2D eigenvalue weighted by Crippen LogP contribution is -2.40. The summed E-state index contributed by atoms with van der Waals surface area (Å²) in [5, 5.41) is 14.6. The molecule has 0 atom stereocenters. The Bertz CT molecular complexity index is 866. The average molecular weight is 434 g/mol. The smallest absolute Gasteiger partial charge is 0.293 e. The summed E-state index contributed by atoms with van der Waals surface area (Å²) < 4.78 is 6.19. The Hall–Kier alpha value is -2.45. The van der Waals surface area contributed by atoms with Gasteiger partial charge in [-0.3, -0.25) is 14.9 Å². The zero-order valence-electron chi connectivity index (χ0n) is 14.9. The monoisotopic (exact) mass is 433 g/mol. The lowest BCUT2D eigenvalue weighted by atomic mass is 10.1. The number of benzene rings is 2. The number of amides is 1. The highest BCUT2D eigenvalue weighted by atomic mass is 79.9. The minimum absolute atomic E-state index is 0.109. The van der Waals surface area contributed by atoms with Crippen molar-refractivity contribution in [2.24, 2.45) is 0 Å². The van der Waals surface area contributed by atoms with Crippen molar-refractivity contribution in [2.45, 2.75) is 13.5 Å². The van der Waals surface area contributed by atoms with Gasteiger partial charge in [0.05, 0.1) is 18.1 Å². The maximum absolute atomic E-state index is 12.6. The highest BCUT2D eigenvalue weighted by Gasteiger charge is 2.22. The van der Waals surface area contributed by atoms with Crippen LogP contribution in [0, 0.1) is 17.0 Å². The SMILES string of the molecule is Cc1ccc(Br)cc1CNc1ccc(C(=O)N2CCOCC2)cc1[N+](=O)[O-]. The molecule has 0 aromatic heterocycles. The van der Waals surface area contributed by atoms with Gasteiger partial charge in [0, 0.05) is 35.7 Å². The maximum atomic E-state index is 12.6. The third-order valence-electron chi connectivity index (χ3n) is 4.52. The van der Waals surface area contributed by atoms with E-state index >= 15 is 0 Å². The zero-order chi connectivity index (χ0) is 19.4. The number of rotatable bonds is 5. The first-order chi connectivity index (χ1) is 13.0. The molecule has 0 unspecified atom stereocenters. The number of nitro groups is 1. The number of carbonyl (C=O) groups excluding carboxylic acids is 1. The highest BCUT2D eigenvalue weighted by molar-refractivity contribution is 9.10. The number of hydrogen-bond donors (Lipinski definition) is 1. The van der Waals surface area contributed by atoms with Gasteiger partial charge in [0.25, 0.3) is 11.6 Å². The van der Waals surface area contributed by atoms with Gasteiger partial charge < -0.3 is 15.0 Å². The van der Waals surface area contributed by atoms with Crippen molar-refractivity contribution in [2.75, 3.05) is 31.6 Å². The minimum Gasteiger partial charge on any atom is -0.378 e. The fourth-order valence-electron chi connectivity index (χ4n) is 2.94. The molecule has 1 saturated heterocycles. The predicted octanol–water partition coefficient (Wildman–Crippen LogP) is 3.75. The van der Waals surface area contributed by atoms with Crippen LogP contribution in [0.4, 0.5) is 11.4 Å². The summed E-state index contributed by atoms with van der Waals surface area (Å²) in [5.41, 5.74) is 2.71. The van der Waals surface area contributed by atoms with Crippen LogP contribution in [-0.2, 0) is 11.3 Å². The van der Waals surface area contributed by atoms with E-state index in [2.05, 4.69) is 21.2 Å². The van der Waals surface area contributed by atoms with E-state index in [9.17, 15) is 14.9 Å². The molecule has 0 spiro atoms. The molecule has 1 amide bonds. The standard InChI is InChI=1S/C19H20BrN3O4/c1-13-2-4-16(20)10-15(13)12-21-17-5-3-14(11-18(17)23(25)26)19(24)22-6-8-27-9-7-22/h2-5,10-11,21H,6-9,12H2,1H3. The minimum atomic E-state index is -0.466. The van der Waals surface area contributed by atoms with Crippen molar-refractivity contribution >= 4 is 33.2 Å². The van der Waals surface area contributed by atoms with E-state index in [4.69, 9.17) is 4.74 Å². The number of carbonyl (C=O) groups is 1. The molecule has 1 aliphatic rings. The van der Waals surface area contributed by atoms with Crippen molar-refractivity contribution in [1.29, 1.82) is 0 Å². The van der Waals surface area contributed by atoms with E-state index in [0.717, 1.165) is 15.6 Å². The van der Waals surface area contributed by atoms with Gasteiger partial charge >= 0.3 is 0 Å². The summed E-state index contributed by atoms with van der Waals surface area (Å²) in [6.07, 6.45) is 0. The molecular weight excluding hydrogens is 414 g/mol. The second kappa shape index (κ2) is 8.49. The topological polar surface area (TPSA) is 84.7 Å². The summed E-state index contributed by atoms with van der Waals surface area (Å²) in [6.45, 7) is 4.40. The molecule has 7 nitrogen and oxygen atoms in total. The van der Waals surface area contributed by atoms with Crippen LogP contribution >= 0.6 is 15.9 Å². The molecule has 1 N–H and O–H groups in total. The number of morpholine rings is 1. The first kappa shape index (κ1) is 19.3. The highest BCUT2D eigenvalue weighted by Crippen LogP contribution is 2.27. The third kappa shape index (κ3) is 4.64. The Morgan fingerprint density at radius 2 is 2.00 bits per heavy atom. The van der Waals surface area contributed by atoms with E-state index < -0.39 is 4.92 Å². The van der Waals surface area contributed by atoms with Gasteiger partial charge in [-0.1, -0.05) is 22.0 Å². The Morgan fingerprint density at radius 3 is 2.70 bits per heavy atom. The molecule has 142 valence electrons. The molecule has 1 aliphatic heterocycles. The molecule has 27 heavy (non-hydrogen) atoms. The first-order valence-electron chi connectivity index (χ1n) is 8.60. The molecule has 1 heterocycles. The summed E-state index contributed by atoms with van der Waals surface area (Å²) in [6, 6.07) is 10.5. The van der Waals surface area contributed by atoms with Gasteiger partial charge in [-0.25, -0.2) is 0 Å². The Kier molecular flexibility index (Phi) is 6.08. The first-order valence-corrected chi connectivity index (χ1v) is 9.39. The number of ether oxygens (including phenoxy) is 1. The molecule has 1 fully saturated rings. The van der Waals surface area contributed by atoms with Crippen molar-refractivity contribution in [3.8, 4) is 0 Å². The van der Waals surface area contributed by atoms with Crippen molar-refractivity contribution in [3.05, 3.63) is 67.7 Å². The van der Waals surface area contributed by atoms with Crippen LogP contribution < -0.4 is 5.32 Å². The molecule has 0 aliphatic carbocycles. The van der Waals surface area contributed by atoms with Crippen LogP contribution in [0.25, 0.3) is 0 Å². The van der Waals surface area contributed by atoms with Gasteiger partial charge in [0.15, 0.2) is 0 Å². The van der Waals surface area contributed by atoms with Crippen molar-refractivity contribution in [3.63, 3.8) is 0 Å². The van der Waals surface area contributed by atoms with E-state index in [-0.39, 0.29) is 11.6 Å². The fourth-order valence-corrected chi connectivity index (χ4v) is 3.34. The summed E-state index contributed by atoms with van der Waals surface area (Å²) in [4.78, 5) is 25.3. The second-order valence-electron chi connectivity index (χ2n) is 6.32. The zero-order valence-corrected chi connectivity index (χ0v) is 16.5. The van der Waals surface area contributed by atoms with Gasteiger partial charge in [0.2, 0.25) is 0 Å². The molecule has 0 radical (unpaired) electrons. The van der Waals surface area contributed by atoms with Crippen LogP contribution in [0.15, 0.2) is 40.9 Å². The molecule has 8 heteroatoms. The number of nitrogens with one attached hydrogen (secondary N) is 1. The number of anilines is 1. The lowest BCUT2D eigenvalue weighted by molar-refractivity contribution is -0.384. The number of halogens is 1. The van der Waals surface area contributed by atoms with Gasteiger partial charge in [0.1, 0.15) is 5.69 Å². The summed E-state index contributed by atoms with van der Waals surface area (Å²) >= 11 is 3.44. The van der Waals surface area contributed by atoms with Crippen molar-refractivity contribution < 1.29 is 14.5 Å². The van der Waals surface area contributed by atoms with Crippen LogP contribution in [0.3, 0.4) is 0 Å². The molecular formula is C19H20BrN3O4. The van der Waals surface area contributed by atoms with E-state index in [1.165, 1.54) is 6.07 Å². The van der Waals surface area contributed by atoms with E-state index in [1.54, 1.807) is 17.0 Å². The third-order valence-corrected chi connectivity index (χ3v) is 5.01. The van der Waals surface area contributed by atoms with Crippen LogP contribution in [0.5, 0.6) is 0 Å². The van der Waals surface area contributed by atoms with Gasteiger partial charge in [-0.15, -0.1) is 0 Å². The van der Waals surface area contributed by atoms with Crippen LogP contribution in [0.1, 0.15) is 21.5 Å². The lowest BCUT2D eigenvalue weighted by Gasteiger charge is -2.26. The van der Waals surface area contributed by atoms with Gasteiger partial charge in [-0.2, -0.15) is 0 Å². The number of nitro benzene ring substituents is 1. The second-order valence-corrected chi connectivity index (χ2v) is 7.23.